The van der Waals surface area contributed by atoms with E-state index in [-0.39, 0.29) is 75.2 Å². The first-order valence-electron chi connectivity index (χ1n) is 15.4. The molecule has 0 radical (unpaired) electrons. The number of nitrogens with zero attached hydrogens (tertiary/aromatic N) is 2. The van der Waals surface area contributed by atoms with Gasteiger partial charge in [0.1, 0.15) is 17.2 Å². The molecule has 42 heavy (non-hydrogen) atoms. The van der Waals surface area contributed by atoms with Crippen LogP contribution in [0.15, 0.2) is 35.2 Å². The number of alkyl halides is 3. The van der Waals surface area contributed by atoms with Crippen LogP contribution in [0.1, 0.15) is 124 Å². The molecule has 0 fully saturated rings. The van der Waals surface area contributed by atoms with E-state index in [0.717, 1.165) is 19.3 Å². The minimum absolute atomic E-state index is 0. The zero-order valence-electron chi connectivity index (χ0n) is 26.1. The third kappa shape index (κ3) is 14.1. The standard InChI is InChI=1S/C32H49F3N2O4.K/c1-4-5-6-7-8-9-10-11-12-13-14-15-16-17-18-19-22-40-26-20-21-28(29(23-26)41-25(2)3)37-30(39)27(24-38)36-31(37)32(33,34)35;/h20-21,23-25,38H,4-19,22H2,1-3H3;/q;+1/p-1/b27-24+;. The molecule has 0 spiro atoms. The second kappa shape index (κ2) is 21.6. The minimum atomic E-state index is -4.93. The van der Waals surface area contributed by atoms with Gasteiger partial charge in [0.25, 0.3) is 5.91 Å². The molecule has 0 bridgehead atoms. The Bertz CT molecular complexity index is 983. The molecule has 0 saturated heterocycles. The maximum Gasteiger partial charge on any atom is 1.00 e. The molecule has 6 nitrogen and oxygen atoms in total. The predicted molar refractivity (Wildman–Crippen MR) is 156 cm³/mol. The van der Waals surface area contributed by atoms with Crippen molar-refractivity contribution in [1.82, 2.24) is 0 Å². The smallest absolute Gasteiger partial charge is 0.876 e. The molecule has 1 aliphatic heterocycles. The van der Waals surface area contributed by atoms with Crippen LogP contribution in [0.25, 0.3) is 0 Å². The number of rotatable bonds is 21. The molecule has 232 valence electrons. The predicted octanol–water partition coefficient (Wildman–Crippen LogP) is 5.63. The number of benzene rings is 1. The molecule has 10 heteroatoms. The van der Waals surface area contributed by atoms with E-state index < -0.39 is 23.6 Å². The maximum absolute atomic E-state index is 13.6. The summed E-state index contributed by atoms with van der Waals surface area (Å²) in [6.45, 7) is 6.17. The van der Waals surface area contributed by atoms with Crippen LogP contribution in [0.5, 0.6) is 11.5 Å². The molecule has 0 aromatic heterocycles. The second-order valence-electron chi connectivity index (χ2n) is 11.0. The number of carbonyl (C=O) groups is 1. The summed E-state index contributed by atoms with van der Waals surface area (Å²) in [5.41, 5.74) is -0.956. The molecule has 2 rings (SSSR count). The zero-order valence-corrected chi connectivity index (χ0v) is 29.2. The number of ether oxygens (including phenoxy) is 2. The summed E-state index contributed by atoms with van der Waals surface area (Å²) in [4.78, 5) is 16.1. The van der Waals surface area contributed by atoms with E-state index in [1.54, 1.807) is 13.8 Å². The summed E-state index contributed by atoms with van der Waals surface area (Å²) in [5, 5.41) is 11.1. The normalized spacial score (nSPS) is 14.5. The van der Waals surface area contributed by atoms with Crippen LogP contribution in [0.4, 0.5) is 18.9 Å². The van der Waals surface area contributed by atoms with Gasteiger partial charge in [0.05, 0.1) is 18.4 Å². The quantitative estimate of drug-likeness (QED) is 0.0774. The van der Waals surface area contributed by atoms with Crippen LogP contribution in [0, 0.1) is 0 Å². The van der Waals surface area contributed by atoms with E-state index >= 15 is 0 Å². The van der Waals surface area contributed by atoms with Gasteiger partial charge in [0, 0.05) is 6.07 Å². The van der Waals surface area contributed by atoms with Crippen LogP contribution in [-0.2, 0) is 4.79 Å². The number of amidine groups is 1. The van der Waals surface area contributed by atoms with E-state index in [0.29, 0.717) is 17.3 Å². The average Bonchev–Trinajstić information content (AvgIpc) is 3.26. The SMILES string of the molecule is CCCCCCCCCCCCCCCCCCOc1ccc(N2C(=O)/C(=C\[O-])N=C2C(F)(F)F)c(OC(C)C)c1.[K+]. The molecule has 1 aliphatic rings. The van der Waals surface area contributed by atoms with E-state index in [4.69, 9.17) is 9.47 Å². The Hall–Kier alpha value is -1.07. The van der Waals surface area contributed by atoms with Crippen molar-refractivity contribution in [2.45, 2.75) is 136 Å². The summed E-state index contributed by atoms with van der Waals surface area (Å²) >= 11 is 0. The molecule has 0 unspecified atom stereocenters. The Kier molecular flexibility index (Phi) is 20.0. The minimum Gasteiger partial charge on any atom is -0.876 e. The van der Waals surface area contributed by atoms with Gasteiger partial charge in [-0.1, -0.05) is 103 Å². The van der Waals surface area contributed by atoms with Crippen molar-refractivity contribution in [1.29, 1.82) is 0 Å². The largest absolute Gasteiger partial charge is 1.00 e. The Morgan fingerprint density at radius 2 is 1.38 bits per heavy atom. The number of amides is 1. The number of anilines is 1. The molecule has 1 aromatic carbocycles. The van der Waals surface area contributed by atoms with E-state index in [2.05, 4.69) is 11.9 Å². The first-order chi connectivity index (χ1) is 19.7. The number of unbranched alkanes of at least 4 members (excludes halogenated alkanes) is 15. The average molecular weight is 621 g/mol. The van der Waals surface area contributed by atoms with Gasteiger partial charge in [-0.25, -0.2) is 4.99 Å². The van der Waals surface area contributed by atoms with Crippen LogP contribution < -0.4 is 70.9 Å². The molecule has 1 heterocycles. The van der Waals surface area contributed by atoms with Crippen LogP contribution in [-0.4, -0.2) is 30.6 Å². The fourth-order valence-corrected chi connectivity index (χ4v) is 4.87. The fourth-order valence-electron chi connectivity index (χ4n) is 4.87. The van der Waals surface area contributed by atoms with Crippen LogP contribution in [0.2, 0.25) is 0 Å². The number of aliphatic imine (C=N–C) groups is 1. The molecule has 0 saturated carbocycles. The number of hydrogen-bond donors (Lipinski definition) is 0. The number of halogens is 3. The third-order valence-corrected chi connectivity index (χ3v) is 7.03. The maximum atomic E-state index is 13.6. The van der Waals surface area contributed by atoms with Gasteiger partial charge in [-0.3, -0.25) is 9.69 Å². The molecule has 0 N–H and O–H groups in total. The third-order valence-electron chi connectivity index (χ3n) is 7.03. The summed E-state index contributed by atoms with van der Waals surface area (Å²) in [6, 6.07) is 4.30. The number of carbonyl (C=O) groups excluding carboxylic acids is 1. The number of hydrogen-bond acceptors (Lipinski definition) is 5. The van der Waals surface area contributed by atoms with Gasteiger partial charge >= 0.3 is 57.6 Å². The molecule has 0 aliphatic carbocycles. The Balaban J connectivity index is 0.00000882. The van der Waals surface area contributed by atoms with Crippen LogP contribution >= 0.6 is 0 Å². The molecule has 1 amide bonds. The van der Waals surface area contributed by atoms with Crippen molar-refractivity contribution in [3.8, 4) is 11.5 Å². The molecular formula is C32H48F3KN2O4. The Labute approximate surface area is 292 Å². The van der Waals surface area contributed by atoms with Crippen molar-refractivity contribution in [3.63, 3.8) is 0 Å². The van der Waals surface area contributed by atoms with Crippen molar-refractivity contribution in [3.05, 3.63) is 30.2 Å². The van der Waals surface area contributed by atoms with E-state index in [1.807, 2.05) is 0 Å². The van der Waals surface area contributed by atoms with Crippen molar-refractivity contribution in [2.75, 3.05) is 11.5 Å². The first kappa shape index (κ1) is 39.0. The van der Waals surface area contributed by atoms with Crippen molar-refractivity contribution >= 4 is 17.4 Å². The van der Waals surface area contributed by atoms with Crippen LogP contribution in [0.3, 0.4) is 0 Å². The monoisotopic (exact) mass is 620 g/mol. The van der Waals surface area contributed by atoms with Gasteiger partial charge in [0.2, 0.25) is 5.84 Å². The summed E-state index contributed by atoms with van der Waals surface area (Å²) in [6.07, 6.45) is 15.2. The van der Waals surface area contributed by atoms with Crippen molar-refractivity contribution < 1.29 is 83.9 Å². The topological polar surface area (TPSA) is 74.2 Å². The Morgan fingerprint density at radius 3 is 1.83 bits per heavy atom. The summed E-state index contributed by atoms with van der Waals surface area (Å²) < 4.78 is 52.3. The van der Waals surface area contributed by atoms with Gasteiger partial charge < -0.3 is 14.6 Å². The van der Waals surface area contributed by atoms with Crippen molar-refractivity contribution in [2.24, 2.45) is 4.99 Å². The molecule has 1 aromatic rings. The first-order valence-corrected chi connectivity index (χ1v) is 15.4. The molecule has 0 atom stereocenters. The van der Waals surface area contributed by atoms with E-state index in [1.165, 1.54) is 102 Å². The summed E-state index contributed by atoms with van der Waals surface area (Å²) in [7, 11) is 0. The van der Waals surface area contributed by atoms with Gasteiger partial charge in [-0.15, -0.1) is 6.26 Å². The zero-order chi connectivity index (χ0) is 30.1. The van der Waals surface area contributed by atoms with Gasteiger partial charge in [-0.05, 0) is 32.4 Å². The van der Waals surface area contributed by atoms with Gasteiger partial charge in [-0.2, -0.15) is 13.2 Å². The van der Waals surface area contributed by atoms with E-state index in [9.17, 15) is 23.1 Å². The second-order valence-corrected chi connectivity index (χ2v) is 11.0. The van der Waals surface area contributed by atoms with Gasteiger partial charge in [0.15, 0.2) is 0 Å². The fraction of sp³-hybridized carbons (Fsp3) is 0.688. The summed E-state index contributed by atoms with van der Waals surface area (Å²) in [5.74, 6) is -2.15. The Morgan fingerprint density at radius 1 is 0.881 bits per heavy atom. The molecular weight excluding hydrogens is 572 g/mol.